The number of ether oxygens (including phenoxy) is 3. The van der Waals surface area contributed by atoms with E-state index in [0.29, 0.717) is 17.9 Å². The molecule has 0 aliphatic carbocycles. The van der Waals surface area contributed by atoms with Gasteiger partial charge >= 0.3 is 12.1 Å². The van der Waals surface area contributed by atoms with Crippen molar-refractivity contribution in [2.45, 2.75) is 45.4 Å². The quantitative estimate of drug-likeness (QED) is 0.572. The molecule has 0 bridgehead atoms. The average molecular weight is 493 g/mol. The molecule has 2 aliphatic rings. The van der Waals surface area contributed by atoms with E-state index in [1.165, 1.54) is 25.3 Å². The van der Waals surface area contributed by atoms with Gasteiger partial charge in [0.2, 0.25) is 0 Å². The van der Waals surface area contributed by atoms with Crippen LogP contribution in [0.1, 0.15) is 50.8 Å². The standard InChI is InChI=1S/C28H32N2O6/c1-27(2,25(32)34-5)23-19-14-10-11-15-21(19)29(26(33)35-6)16-20(23)24(31)30-22(17-36-28(30,3)4)18-12-8-7-9-13-18/h7-16,22-23H,17H2,1-6H3/t22-,23-/m0/s1. The summed E-state index contributed by atoms with van der Waals surface area (Å²) in [5.41, 5.74) is 0.348. The van der Waals surface area contributed by atoms with Crippen LogP contribution < -0.4 is 4.90 Å². The first-order valence-electron chi connectivity index (χ1n) is 11.8. The first-order chi connectivity index (χ1) is 17.0. The molecule has 0 unspecified atom stereocenters. The van der Waals surface area contributed by atoms with Crippen molar-refractivity contribution < 1.29 is 28.6 Å². The number of amides is 2. The number of nitrogens with zero attached hydrogens (tertiary/aromatic N) is 2. The van der Waals surface area contributed by atoms with Gasteiger partial charge in [-0.2, -0.15) is 0 Å². The molecule has 0 N–H and O–H groups in total. The van der Waals surface area contributed by atoms with Crippen molar-refractivity contribution in [3.63, 3.8) is 0 Å². The van der Waals surface area contributed by atoms with Crippen molar-refractivity contribution in [3.05, 3.63) is 77.5 Å². The molecule has 36 heavy (non-hydrogen) atoms. The molecule has 1 fully saturated rings. The molecular weight excluding hydrogens is 460 g/mol. The lowest BCUT2D eigenvalue weighted by Crippen LogP contribution is -2.49. The molecule has 2 heterocycles. The Morgan fingerprint density at radius 3 is 2.25 bits per heavy atom. The summed E-state index contributed by atoms with van der Waals surface area (Å²) in [4.78, 5) is 43.3. The molecule has 0 radical (unpaired) electrons. The Balaban J connectivity index is 1.91. The van der Waals surface area contributed by atoms with Crippen molar-refractivity contribution in [3.8, 4) is 0 Å². The second-order valence-electron chi connectivity index (χ2n) is 9.99. The number of hydrogen-bond donors (Lipinski definition) is 0. The number of hydrogen-bond acceptors (Lipinski definition) is 6. The van der Waals surface area contributed by atoms with E-state index in [-0.39, 0.29) is 17.5 Å². The van der Waals surface area contributed by atoms with Crippen LogP contribution in [0.3, 0.4) is 0 Å². The minimum absolute atomic E-state index is 0.272. The molecule has 0 spiro atoms. The van der Waals surface area contributed by atoms with E-state index in [9.17, 15) is 14.4 Å². The van der Waals surface area contributed by atoms with E-state index in [0.717, 1.165) is 5.56 Å². The predicted octanol–water partition coefficient (Wildman–Crippen LogP) is 4.78. The van der Waals surface area contributed by atoms with Crippen LogP contribution in [-0.2, 0) is 23.8 Å². The zero-order valence-corrected chi connectivity index (χ0v) is 21.5. The number of rotatable bonds is 4. The molecule has 2 aromatic carbocycles. The normalized spacial score (nSPS) is 20.9. The van der Waals surface area contributed by atoms with Crippen molar-refractivity contribution in [2.24, 2.45) is 5.41 Å². The number of esters is 1. The molecular formula is C28H32N2O6. The summed E-state index contributed by atoms with van der Waals surface area (Å²) >= 11 is 0. The average Bonchev–Trinajstić information content (AvgIpc) is 3.21. The van der Waals surface area contributed by atoms with Gasteiger partial charge in [0, 0.05) is 17.7 Å². The lowest BCUT2D eigenvalue weighted by atomic mass is 9.69. The summed E-state index contributed by atoms with van der Waals surface area (Å²) in [7, 11) is 2.61. The van der Waals surface area contributed by atoms with Crippen LogP contribution in [0.5, 0.6) is 0 Å². The van der Waals surface area contributed by atoms with E-state index in [4.69, 9.17) is 14.2 Å². The van der Waals surface area contributed by atoms with Crippen LogP contribution in [0.25, 0.3) is 0 Å². The lowest BCUT2D eigenvalue weighted by Gasteiger charge is -2.42. The third-order valence-corrected chi connectivity index (χ3v) is 7.03. The minimum Gasteiger partial charge on any atom is -0.469 e. The minimum atomic E-state index is -1.12. The number of benzene rings is 2. The molecule has 190 valence electrons. The van der Waals surface area contributed by atoms with Gasteiger partial charge in [0.25, 0.3) is 5.91 Å². The first-order valence-corrected chi connectivity index (χ1v) is 11.8. The van der Waals surface area contributed by atoms with Crippen LogP contribution in [0.4, 0.5) is 10.5 Å². The fourth-order valence-electron chi connectivity index (χ4n) is 5.24. The van der Waals surface area contributed by atoms with Crippen LogP contribution in [0, 0.1) is 5.41 Å². The molecule has 1 saturated heterocycles. The number of methoxy groups -OCH3 is 2. The monoisotopic (exact) mass is 492 g/mol. The SMILES string of the molecule is COC(=O)N1C=C(C(=O)N2[C@H](c3ccccc3)COC2(C)C)[C@@H](C(C)(C)C(=O)OC)c2ccccc21. The Bertz CT molecular complexity index is 1200. The smallest absolute Gasteiger partial charge is 0.418 e. The van der Waals surface area contributed by atoms with Gasteiger partial charge in [0.15, 0.2) is 0 Å². The van der Waals surface area contributed by atoms with Crippen LogP contribution in [0.2, 0.25) is 0 Å². The molecule has 2 amide bonds. The van der Waals surface area contributed by atoms with Crippen molar-refractivity contribution in [2.75, 3.05) is 25.7 Å². The summed E-state index contributed by atoms with van der Waals surface area (Å²) in [6.07, 6.45) is 0.848. The highest BCUT2D eigenvalue weighted by molar-refractivity contribution is 6.03. The molecule has 0 aromatic heterocycles. The largest absolute Gasteiger partial charge is 0.469 e. The molecule has 2 atom stereocenters. The van der Waals surface area contributed by atoms with Gasteiger partial charge in [-0.25, -0.2) is 4.79 Å². The Morgan fingerprint density at radius 1 is 0.972 bits per heavy atom. The summed E-state index contributed by atoms with van der Waals surface area (Å²) in [5, 5.41) is 0. The van der Waals surface area contributed by atoms with Crippen molar-refractivity contribution >= 4 is 23.7 Å². The molecule has 0 saturated carbocycles. The second-order valence-corrected chi connectivity index (χ2v) is 9.99. The highest BCUT2D eigenvalue weighted by atomic mass is 16.5. The maximum absolute atomic E-state index is 14.5. The molecule has 8 heteroatoms. The summed E-state index contributed by atoms with van der Waals surface area (Å²) in [6.45, 7) is 7.48. The predicted molar refractivity (Wildman–Crippen MR) is 134 cm³/mol. The van der Waals surface area contributed by atoms with Gasteiger partial charge in [-0.05, 0) is 44.9 Å². The summed E-state index contributed by atoms with van der Waals surface area (Å²) < 4.78 is 16.2. The lowest BCUT2D eigenvalue weighted by molar-refractivity contribution is -0.152. The van der Waals surface area contributed by atoms with Crippen LogP contribution >= 0.6 is 0 Å². The molecule has 4 rings (SSSR count). The number of fused-ring (bicyclic) bond motifs is 1. The Labute approximate surface area is 211 Å². The molecule has 2 aliphatic heterocycles. The fourth-order valence-corrected chi connectivity index (χ4v) is 5.24. The van der Waals surface area contributed by atoms with E-state index in [2.05, 4.69) is 0 Å². The van der Waals surface area contributed by atoms with Gasteiger partial charge in [-0.1, -0.05) is 48.5 Å². The van der Waals surface area contributed by atoms with E-state index < -0.39 is 29.1 Å². The number of anilines is 1. The number of carbonyl (C=O) groups is 3. The summed E-state index contributed by atoms with van der Waals surface area (Å²) in [6, 6.07) is 16.5. The maximum atomic E-state index is 14.5. The van der Waals surface area contributed by atoms with E-state index >= 15 is 0 Å². The third kappa shape index (κ3) is 4.15. The van der Waals surface area contributed by atoms with Crippen LogP contribution in [0.15, 0.2) is 66.4 Å². The zero-order chi connectivity index (χ0) is 26.3. The Kier molecular flexibility index (Phi) is 6.66. The van der Waals surface area contributed by atoms with Gasteiger partial charge in [-0.15, -0.1) is 0 Å². The fraction of sp³-hybridized carbons (Fsp3) is 0.393. The summed E-state index contributed by atoms with van der Waals surface area (Å²) in [5.74, 6) is -1.50. The topological polar surface area (TPSA) is 85.4 Å². The third-order valence-electron chi connectivity index (χ3n) is 7.03. The van der Waals surface area contributed by atoms with E-state index in [1.807, 2.05) is 56.3 Å². The highest BCUT2D eigenvalue weighted by Gasteiger charge is 2.51. The Morgan fingerprint density at radius 2 is 1.61 bits per heavy atom. The van der Waals surface area contributed by atoms with Crippen molar-refractivity contribution in [1.82, 2.24) is 4.90 Å². The maximum Gasteiger partial charge on any atom is 0.418 e. The van der Waals surface area contributed by atoms with Crippen molar-refractivity contribution in [1.29, 1.82) is 0 Å². The first kappa shape index (κ1) is 25.4. The van der Waals surface area contributed by atoms with Crippen LogP contribution in [-0.4, -0.2) is 49.4 Å². The van der Waals surface area contributed by atoms with Gasteiger partial charge in [0.05, 0.1) is 38.0 Å². The Hall–Kier alpha value is -3.65. The highest BCUT2D eigenvalue weighted by Crippen LogP contribution is 2.50. The van der Waals surface area contributed by atoms with E-state index in [1.54, 1.807) is 30.9 Å². The van der Waals surface area contributed by atoms with Gasteiger partial charge in [0.1, 0.15) is 5.72 Å². The molecule has 2 aromatic rings. The number of para-hydroxylation sites is 1. The van der Waals surface area contributed by atoms with Gasteiger partial charge < -0.3 is 19.1 Å². The number of carbonyl (C=O) groups excluding carboxylic acids is 3. The molecule has 8 nitrogen and oxygen atoms in total. The van der Waals surface area contributed by atoms with Gasteiger partial charge in [-0.3, -0.25) is 14.5 Å². The second kappa shape index (κ2) is 9.43. The zero-order valence-electron chi connectivity index (χ0n) is 21.5.